The van der Waals surface area contributed by atoms with Crippen molar-refractivity contribution in [1.82, 2.24) is 14.9 Å². The molecule has 2 aromatic carbocycles. The van der Waals surface area contributed by atoms with Gasteiger partial charge in [-0.25, -0.2) is 0 Å². The van der Waals surface area contributed by atoms with Gasteiger partial charge in [-0.1, -0.05) is 12.1 Å². The van der Waals surface area contributed by atoms with E-state index in [4.69, 9.17) is 10.00 Å². The van der Waals surface area contributed by atoms with Gasteiger partial charge in [0.25, 0.3) is 5.76 Å². The number of alkyl halides is 2. The molecule has 0 amide bonds. The van der Waals surface area contributed by atoms with Gasteiger partial charge < -0.3 is 4.74 Å². The SMILES string of the molecule is COc1ccc(-c2nnc(SC(F)F)n2/N=C\c2ccc(C#N)cc2)cc1. The van der Waals surface area contributed by atoms with Crippen LogP contribution in [0.2, 0.25) is 0 Å². The van der Waals surface area contributed by atoms with Crippen molar-refractivity contribution in [2.24, 2.45) is 5.10 Å². The molecule has 3 rings (SSSR count). The van der Waals surface area contributed by atoms with Gasteiger partial charge in [-0.2, -0.15) is 23.8 Å². The Balaban J connectivity index is 1.98. The number of methoxy groups -OCH3 is 1. The lowest BCUT2D eigenvalue weighted by atomic mass is 10.2. The Hall–Kier alpha value is -3.25. The van der Waals surface area contributed by atoms with Gasteiger partial charge in [0.1, 0.15) is 5.75 Å². The first-order chi connectivity index (χ1) is 13.1. The molecule has 136 valence electrons. The summed E-state index contributed by atoms with van der Waals surface area (Å²) in [6, 6.07) is 15.7. The third kappa shape index (κ3) is 4.48. The highest BCUT2D eigenvalue weighted by Crippen LogP contribution is 2.28. The number of ether oxygens (including phenoxy) is 1. The van der Waals surface area contributed by atoms with Gasteiger partial charge >= 0.3 is 0 Å². The maximum Gasteiger partial charge on any atom is 0.291 e. The summed E-state index contributed by atoms with van der Waals surface area (Å²) in [7, 11) is 1.55. The summed E-state index contributed by atoms with van der Waals surface area (Å²) in [5, 5.41) is 20.9. The van der Waals surface area contributed by atoms with Crippen LogP contribution in [0.4, 0.5) is 8.78 Å². The Morgan fingerprint density at radius 3 is 2.44 bits per heavy atom. The highest BCUT2D eigenvalue weighted by molar-refractivity contribution is 7.99. The zero-order chi connectivity index (χ0) is 19.2. The van der Waals surface area contributed by atoms with Crippen molar-refractivity contribution in [3.8, 4) is 23.2 Å². The second-order valence-electron chi connectivity index (χ2n) is 5.20. The normalized spacial score (nSPS) is 11.1. The van der Waals surface area contributed by atoms with E-state index in [1.54, 1.807) is 55.6 Å². The standard InChI is InChI=1S/C18H13F2N5OS/c1-26-15-8-6-14(7-9-15)16-23-24-18(27-17(19)20)25(16)22-11-13-4-2-12(10-21)3-5-13/h2-9,11,17H,1H3/b22-11-. The van der Waals surface area contributed by atoms with Crippen LogP contribution in [0.3, 0.4) is 0 Å². The fourth-order valence-electron chi connectivity index (χ4n) is 2.21. The minimum absolute atomic E-state index is 0.0271. The van der Waals surface area contributed by atoms with E-state index in [1.807, 2.05) is 6.07 Å². The van der Waals surface area contributed by atoms with Crippen molar-refractivity contribution < 1.29 is 13.5 Å². The third-order valence-electron chi connectivity index (χ3n) is 3.52. The van der Waals surface area contributed by atoms with Crippen LogP contribution < -0.4 is 4.74 Å². The molecule has 0 fully saturated rings. The van der Waals surface area contributed by atoms with Crippen molar-refractivity contribution in [3.63, 3.8) is 0 Å². The number of aromatic nitrogens is 3. The number of benzene rings is 2. The zero-order valence-electron chi connectivity index (χ0n) is 14.1. The van der Waals surface area contributed by atoms with Gasteiger partial charge in [-0.3, -0.25) is 0 Å². The molecule has 1 heterocycles. The molecule has 0 aliphatic heterocycles. The third-order valence-corrected chi connectivity index (χ3v) is 4.16. The van der Waals surface area contributed by atoms with Crippen molar-refractivity contribution >= 4 is 18.0 Å². The number of hydrogen-bond donors (Lipinski definition) is 0. The Bertz CT molecular complexity index is 978. The molecule has 0 N–H and O–H groups in total. The first-order valence-corrected chi connectivity index (χ1v) is 8.58. The average Bonchev–Trinajstić information content (AvgIpc) is 3.08. The Labute approximate surface area is 158 Å². The monoisotopic (exact) mass is 385 g/mol. The van der Waals surface area contributed by atoms with Crippen LogP contribution in [-0.2, 0) is 0 Å². The second kappa shape index (κ2) is 8.42. The second-order valence-corrected chi connectivity index (χ2v) is 6.16. The van der Waals surface area contributed by atoms with E-state index in [9.17, 15) is 8.78 Å². The van der Waals surface area contributed by atoms with Gasteiger partial charge in [0, 0.05) is 5.56 Å². The zero-order valence-corrected chi connectivity index (χ0v) is 14.9. The number of hydrogen-bond acceptors (Lipinski definition) is 6. The molecule has 3 aromatic rings. The molecule has 0 aliphatic rings. The molecule has 0 aliphatic carbocycles. The van der Waals surface area contributed by atoms with Crippen LogP contribution in [0, 0.1) is 11.3 Å². The predicted octanol–water partition coefficient (Wildman–Crippen LogP) is 4.02. The summed E-state index contributed by atoms with van der Waals surface area (Å²) in [6.07, 6.45) is 1.49. The summed E-state index contributed by atoms with van der Waals surface area (Å²) >= 11 is 0.264. The molecule has 0 spiro atoms. The first-order valence-electron chi connectivity index (χ1n) is 7.70. The van der Waals surface area contributed by atoms with E-state index in [0.717, 1.165) is 0 Å². The van der Waals surface area contributed by atoms with Crippen molar-refractivity contribution in [3.05, 3.63) is 59.7 Å². The highest BCUT2D eigenvalue weighted by atomic mass is 32.2. The summed E-state index contributed by atoms with van der Waals surface area (Å²) < 4.78 is 32.1. The van der Waals surface area contributed by atoms with Crippen LogP contribution in [0.1, 0.15) is 11.1 Å². The van der Waals surface area contributed by atoms with Crippen LogP contribution in [0.25, 0.3) is 11.4 Å². The maximum atomic E-state index is 12.8. The van der Waals surface area contributed by atoms with Gasteiger partial charge in [0.2, 0.25) is 5.16 Å². The molecule has 0 atom stereocenters. The largest absolute Gasteiger partial charge is 0.497 e. The maximum absolute atomic E-state index is 12.8. The van der Waals surface area contributed by atoms with E-state index >= 15 is 0 Å². The molecular weight excluding hydrogens is 372 g/mol. The number of nitrogens with zero attached hydrogens (tertiary/aromatic N) is 5. The molecule has 0 saturated heterocycles. The fraction of sp³-hybridized carbons (Fsp3) is 0.111. The first kappa shape index (κ1) is 18.5. The number of thioether (sulfide) groups is 1. The molecule has 1 aromatic heterocycles. The lowest BCUT2D eigenvalue weighted by molar-refractivity contribution is 0.251. The van der Waals surface area contributed by atoms with Crippen molar-refractivity contribution in [2.45, 2.75) is 10.9 Å². The molecule has 0 unspecified atom stereocenters. The lowest BCUT2D eigenvalue weighted by Crippen LogP contribution is -1.98. The minimum Gasteiger partial charge on any atom is -0.497 e. The molecule has 0 saturated carbocycles. The Kier molecular flexibility index (Phi) is 5.78. The molecule has 27 heavy (non-hydrogen) atoms. The molecule has 9 heteroatoms. The summed E-state index contributed by atoms with van der Waals surface area (Å²) in [5.41, 5.74) is 1.88. The van der Waals surface area contributed by atoms with Gasteiger partial charge in [0.05, 0.1) is 25.0 Å². The number of halogens is 2. The Morgan fingerprint density at radius 1 is 1.15 bits per heavy atom. The molecular formula is C18H13F2N5OS. The Morgan fingerprint density at radius 2 is 1.85 bits per heavy atom. The lowest BCUT2D eigenvalue weighted by Gasteiger charge is -2.05. The molecule has 6 nitrogen and oxygen atoms in total. The minimum atomic E-state index is -2.65. The smallest absolute Gasteiger partial charge is 0.291 e. The molecule has 0 bridgehead atoms. The van der Waals surface area contributed by atoms with Gasteiger partial charge in [-0.05, 0) is 53.7 Å². The highest BCUT2D eigenvalue weighted by Gasteiger charge is 2.18. The van der Waals surface area contributed by atoms with Crippen LogP contribution in [0.5, 0.6) is 5.75 Å². The van der Waals surface area contributed by atoms with E-state index in [0.29, 0.717) is 28.3 Å². The van der Waals surface area contributed by atoms with Crippen LogP contribution >= 0.6 is 11.8 Å². The van der Waals surface area contributed by atoms with Gasteiger partial charge in [-0.15, -0.1) is 10.2 Å². The fourth-order valence-corrected chi connectivity index (χ4v) is 2.69. The van der Waals surface area contributed by atoms with Gasteiger partial charge in [0.15, 0.2) is 5.82 Å². The van der Waals surface area contributed by atoms with Crippen molar-refractivity contribution in [2.75, 3.05) is 7.11 Å². The average molecular weight is 385 g/mol. The van der Waals surface area contributed by atoms with E-state index in [1.165, 1.54) is 10.9 Å². The topological polar surface area (TPSA) is 76.1 Å². The van der Waals surface area contributed by atoms with E-state index < -0.39 is 5.76 Å². The van der Waals surface area contributed by atoms with E-state index in [-0.39, 0.29) is 16.9 Å². The van der Waals surface area contributed by atoms with Crippen LogP contribution in [0.15, 0.2) is 58.8 Å². The summed E-state index contributed by atoms with van der Waals surface area (Å²) in [5.74, 6) is -1.67. The van der Waals surface area contributed by atoms with Crippen LogP contribution in [-0.4, -0.2) is 34.0 Å². The predicted molar refractivity (Wildman–Crippen MR) is 98.0 cm³/mol. The van der Waals surface area contributed by atoms with E-state index in [2.05, 4.69) is 15.3 Å². The van der Waals surface area contributed by atoms with Crippen molar-refractivity contribution in [1.29, 1.82) is 5.26 Å². The number of nitriles is 1. The number of rotatable bonds is 6. The quantitative estimate of drug-likeness (QED) is 0.473. The summed E-state index contributed by atoms with van der Waals surface area (Å²) in [6.45, 7) is 0. The molecule has 0 radical (unpaired) electrons. The summed E-state index contributed by atoms with van der Waals surface area (Å²) in [4.78, 5) is 0.